The van der Waals surface area contributed by atoms with Gasteiger partial charge in [-0.15, -0.1) is 0 Å². The van der Waals surface area contributed by atoms with Gasteiger partial charge in [-0.05, 0) is 6.92 Å². The van der Waals surface area contributed by atoms with Gasteiger partial charge < -0.3 is 0 Å². The van der Waals surface area contributed by atoms with Gasteiger partial charge in [0.1, 0.15) is 0 Å². The lowest BCUT2D eigenvalue weighted by molar-refractivity contribution is 0.596. The first-order valence-corrected chi connectivity index (χ1v) is 5.46. The van der Waals surface area contributed by atoms with Crippen molar-refractivity contribution in [2.45, 2.75) is 11.8 Å². The maximum Gasteiger partial charge on any atom is 0.267 e. The first kappa shape index (κ1) is 9.91. The van der Waals surface area contributed by atoms with E-state index in [1.165, 1.54) is 7.05 Å². The first-order chi connectivity index (χ1) is 5.82. The summed E-state index contributed by atoms with van der Waals surface area (Å²) in [5.41, 5.74) is -0.0874. The molecule has 0 aromatic carbocycles. The molecule has 0 bridgehead atoms. The summed E-state index contributed by atoms with van der Waals surface area (Å²) in [4.78, 5) is 11.1. The smallest absolute Gasteiger partial charge is 0.267 e. The van der Waals surface area contributed by atoms with E-state index in [9.17, 15) is 13.2 Å². The van der Waals surface area contributed by atoms with Crippen LogP contribution in [0.15, 0.2) is 15.8 Å². The lowest BCUT2D eigenvalue weighted by Gasteiger charge is -2.03. The van der Waals surface area contributed by atoms with Gasteiger partial charge >= 0.3 is 0 Å². The molecule has 0 spiro atoms. The normalized spacial score (nSPS) is 11.6. The summed E-state index contributed by atoms with van der Waals surface area (Å²) in [6.45, 7) is 1.55. The quantitative estimate of drug-likeness (QED) is 0.615. The van der Waals surface area contributed by atoms with Crippen molar-refractivity contribution in [3.05, 3.63) is 22.1 Å². The minimum absolute atomic E-state index is 0.00407. The Kier molecular flexibility index (Phi) is 2.25. The third-order valence-corrected chi connectivity index (χ3v) is 2.84. The van der Waals surface area contributed by atoms with E-state index in [1.807, 2.05) is 0 Å². The van der Waals surface area contributed by atoms with Crippen LogP contribution in [0.25, 0.3) is 0 Å². The van der Waals surface area contributed by atoms with Gasteiger partial charge in [-0.2, -0.15) is 5.10 Å². The van der Waals surface area contributed by atoms with E-state index < -0.39 is 15.4 Å². The minimum atomic E-state index is -3.35. The maximum atomic E-state index is 11.1. The van der Waals surface area contributed by atoms with Gasteiger partial charge in [0.2, 0.25) is 0 Å². The van der Waals surface area contributed by atoms with Crippen LogP contribution in [-0.4, -0.2) is 24.5 Å². The summed E-state index contributed by atoms with van der Waals surface area (Å²) in [5, 5.41) is 3.76. The van der Waals surface area contributed by atoms with E-state index in [4.69, 9.17) is 0 Å². The van der Waals surface area contributed by atoms with Crippen molar-refractivity contribution in [3.8, 4) is 0 Å². The molecule has 0 radical (unpaired) electrons. The highest BCUT2D eigenvalue weighted by Gasteiger charge is 2.13. The molecule has 0 atom stereocenters. The number of nitrogens with zero attached hydrogens (tertiary/aromatic N) is 2. The molecule has 6 heteroatoms. The fourth-order valence-corrected chi connectivity index (χ4v) is 1.90. The van der Waals surface area contributed by atoms with Gasteiger partial charge in [0.05, 0.1) is 10.6 Å². The van der Waals surface area contributed by atoms with Crippen LogP contribution in [0.4, 0.5) is 0 Å². The molecule has 0 aliphatic carbocycles. The standard InChI is InChI=1S/C7H10N2O3S/c1-5-6(13(3,11)12)4-7(10)9(2)8-5/h4H,1-3H3. The largest absolute Gasteiger partial charge is 0.268 e. The van der Waals surface area contributed by atoms with Crippen LogP contribution in [-0.2, 0) is 16.9 Å². The van der Waals surface area contributed by atoms with Gasteiger partial charge in [0.15, 0.2) is 9.84 Å². The topological polar surface area (TPSA) is 69.0 Å². The molecule has 1 aromatic rings. The molecule has 0 unspecified atom stereocenters. The molecule has 13 heavy (non-hydrogen) atoms. The Bertz CT molecular complexity index is 487. The Morgan fingerprint density at radius 1 is 1.46 bits per heavy atom. The van der Waals surface area contributed by atoms with Crippen molar-refractivity contribution >= 4 is 9.84 Å². The molecular formula is C7H10N2O3S. The Balaban J connectivity index is 3.60. The van der Waals surface area contributed by atoms with E-state index in [0.29, 0.717) is 5.69 Å². The molecule has 1 rings (SSSR count). The van der Waals surface area contributed by atoms with Gasteiger partial charge in [0.25, 0.3) is 5.56 Å². The molecule has 0 saturated carbocycles. The summed E-state index contributed by atoms with van der Waals surface area (Å²) in [6, 6.07) is 1.08. The monoisotopic (exact) mass is 202 g/mol. The van der Waals surface area contributed by atoms with Crippen molar-refractivity contribution in [1.29, 1.82) is 0 Å². The first-order valence-electron chi connectivity index (χ1n) is 3.57. The highest BCUT2D eigenvalue weighted by Crippen LogP contribution is 2.08. The highest BCUT2D eigenvalue weighted by atomic mass is 32.2. The van der Waals surface area contributed by atoms with Crippen molar-refractivity contribution in [3.63, 3.8) is 0 Å². The molecule has 1 heterocycles. The molecule has 0 fully saturated rings. The second-order valence-electron chi connectivity index (χ2n) is 2.83. The van der Waals surface area contributed by atoms with Gasteiger partial charge in [0, 0.05) is 19.4 Å². The van der Waals surface area contributed by atoms with Crippen molar-refractivity contribution in [2.24, 2.45) is 7.05 Å². The van der Waals surface area contributed by atoms with Crippen molar-refractivity contribution < 1.29 is 8.42 Å². The lowest BCUT2D eigenvalue weighted by Crippen LogP contribution is -2.22. The van der Waals surface area contributed by atoms with E-state index in [1.54, 1.807) is 6.92 Å². The zero-order valence-electron chi connectivity index (χ0n) is 7.60. The Morgan fingerprint density at radius 2 is 2.00 bits per heavy atom. The Hall–Kier alpha value is -1.17. The van der Waals surface area contributed by atoms with Crippen molar-refractivity contribution in [1.82, 2.24) is 9.78 Å². The number of aryl methyl sites for hydroxylation is 2. The molecule has 1 aromatic heterocycles. The van der Waals surface area contributed by atoms with Crippen molar-refractivity contribution in [2.75, 3.05) is 6.26 Å². The van der Waals surface area contributed by atoms with Crippen LogP contribution in [0, 0.1) is 6.92 Å². The fraction of sp³-hybridized carbons (Fsp3) is 0.429. The van der Waals surface area contributed by atoms with Crippen LogP contribution >= 0.6 is 0 Å². The average Bonchev–Trinajstić information content (AvgIpc) is 1.94. The number of hydrogen-bond acceptors (Lipinski definition) is 4. The summed E-state index contributed by atoms with van der Waals surface area (Å²) in [5.74, 6) is 0. The number of sulfone groups is 1. The Morgan fingerprint density at radius 3 is 2.46 bits per heavy atom. The van der Waals surface area contributed by atoms with Crippen LogP contribution in [0.3, 0.4) is 0 Å². The second kappa shape index (κ2) is 2.95. The number of hydrogen-bond donors (Lipinski definition) is 0. The Labute approximate surface area is 75.9 Å². The third kappa shape index (κ3) is 1.95. The average molecular weight is 202 g/mol. The highest BCUT2D eigenvalue weighted by molar-refractivity contribution is 7.90. The fourth-order valence-electron chi connectivity index (χ4n) is 1.01. The zero-order chi connectivity index (χ0) is 10.2. The molecule has 5 nitrogen and oxygen atoms in total. The number of aromatic nitrogens is 2. The molecule has 0 aliphatic rings. The van der Waals surface area contributed by atoms with Crippen LogP contribution in [0.2, 0.25) is 0 Å². The molecule has 0 aliphatic heterocycles. The lowest BCUT2D eigenvalue weighted by atomic mass is 10.4. The van der Waals surface area contributed by atoms with Crippen LogP contribution in [0.5, 0.6) is 0 Å². The molecular weight excluding hydrogens is 192 g/mol. The van der Waals surface area contributed by atoms with Crippen LogP contribution < -0.4 is 5.56 Å². The minimum Gasteiger partial charge on any atom is -0.268 e. The predicted molar refractivity (Wildman–Crippen MR) is 47.3 cm³/mol. The van der Waals surface area contributed by atoms with Gasteiger partial charge in [-0.1, -0.05) is 0 Å². The molecule has 0 saturated heterocycles. The van der Waals surface area contributed by atoms with Gasteiger partial charge in [-0.25, -0.2) is 13.1 Å². The third-order valence-electron chi connectivity index (χ3n) is 1.63. The molecule has 72 valence electrons. The van der Waals surface area contributed by atoms with Crippen LogP contribution in [0.1, 0.15) is 5.69 Å². The summed E-state index contributed by atoms with van der Waals surface area (Å²) < 4.78 is 23.4. The molecule has 0 N–H and O–H groups in total. The van der Waals surface area contributed by atoms with E-state index in [2.05, 4.69) is 5.10 Å². The zero-order valence-corrected chi connectivity index (χ0v) is 8.42. The van der Waals surface area contributed by atoms with E-state index in [-0.39, 0.29) is 4.90 Å². The maximum absolute atomic E-state index is 11.1. The predicted octanol–water partition coefficient (Wildman–Crippen LogP) is -0.508. The molecule has 0 amide bonds. The summed E-state index contributed by atoms with van der Waals surface area (Å²) in [7, 11) is -1.87. The van der Waals surface area contributed by atoms with E-state index in [0.717, 1.165) is 17.0 Å². The second-order valence-corrected chi connectivity index (χ2v) is 4.81. The van der Waals surface area contributed by atoms with E-state index >= 15 is 0 Å². The SMILES string of the molecule is Cc1nn(C)c(=O)cc1S(C)(=O)=O. The number of rotatable bonds is 1. The summed E-state index contributed by atoms with van der Waals surface area (Å²) >= 11 is 0. The summed E-state index contributed by atoms with van der Waals surface area (Å²) in [6.07, 6.45) is 1.05. The van der Waals surface area contributed by atoms with Gasteiger partial charge in [-0.3, -0.25) is 4.79 Å².